The Morgan fingerprint density at radius 2 is 2.33 bits per heavy atom. The van der Waals surface area contributed by atoms with Crippen molar-refractivity contribution in [3.05, 3.63) is 5.15 Å². The molecule has 0 atom stereocenters. The van der Waals surface area contributed by atoms with E-state index in [0.29, 0.717) is 17.5 Å². The van der Waals surface area contributed by atoms with Crippen LogP contribution in [0.15, 0.2) is 0 Å². The van der Waals surface area contributed by atoms with E-state index in [-0.39, 0.29) is 12.5 Å². The van der Waals surface area contributed by atoms with Crippen LogP contribution in [-0.2, 0) is 4.79 Å². The maximum absolute atomic E-state index is 11.4. The molecule has 15 heavy (non-hydrogen) atoms. The molecule has 1 aromatic heterocycles. The lowest BCUT2D eigenvalue weighted by Crippen LogP contribution is -2.35. The zero-order valence-electron chi connectivity index (χ0n) is 8.66. The maximum atomic E-state index is 11.4. The zero-order chi connectivity index (χ0) is 11.3. The van der Waals surface area contributed by atoms with Crippen molar-refractivity contribution < 1.29 is 4.79 Å². The molecular weight excluding hydrogens is 236 g/mol. The van der Waals surface area contributed by atoms with Crippen molar-refractivity contribution in [3.8, 4) is 0 Å². The maximum Gasteiger partial charge on any atom is 0.239 e. The van der Waals surface area contributed by atoms with Crippen LogP contribution >= 0.6 is 23.3 Å². The summed E-state index contributed by atoms with van der Waals surface area (Å²) in [4.78, 5) is 13.1. The molecule has 0 saturated heterocycles. The topological polar surface area (TPSA) is 58.1 Å². The molecule has 1 rings (SSSR count). The van der Waals surface area contributed by atoms with E-state index >= 15 is 0 Å². The van der Waals surface area contributed by atoms with Crippen LogP contribution in [0.2, 0.25) is 5.15 Å². The van der Waals surface area contributed by atoms with Crippen LogP contribution < -0.4 is 10.2 Å². The molecule has 0 fully saturated rings. The molecule has 0 radical (unpaired) electrons. The lowest BCUT2D eigenvalue weighted by atomic mass is 10.4. The Hall–Kier alpha value is -0.880. The monoisotopic (exact) mass is 248 g/mol. The molecule has 1 N–H and O–H groups in total. The van der Waals surface area contributed by atoms with Gasteiger partial charge in [-0.15, -0.1) is 0 Å². The third kappa shape index (κ3) is 3.64. The van der Waals surface area contributed by atoms with Gasteiger partial charge < -0.3 is 10.2 Å². The van der Waals surface area contributed by atoms with E-state index in [4.69, 9.17) is 11.6 Å². The van der Waals surface area contributed by atoms with Gasteiger partial charge in [0.1, 0.15) is 0 Å². The van der Waals surface area contributed by atoms with E-state index in [0.717, 1.165) is 18.1 Å². The number of anilines is 1. The summed E-state index contributed by atoms with van der Waals surface area (Å²) in [5.74, 6) is 0.511. The number of nitrogens with zero attached hydrogens (tertiary/aromatic N) is 3. The van der Waals surface area contributed by atoms with Gasteiger partial charge in [-0.2, -0.15) is 8.75 Å². The first-order valence-corrected chi connectivity index (χ1v) is 5.71. The van der Waals surface area contributed by atoms with Gasteiger partial charge in [0.05, 0.1) is 18.3 Å². The molecular formula is C8H13ClN4OS. The van der Waals surface area contributed by atoms with Crippen LogP contribution in [0, 0.1) is 0 Å². The largest absolute Gasteiger partial charge is 0.355 e. The number of carbonyl (C=O) groups is 1. The lowest BCUT2D eigenvalue weighted by Gasteiger charge is -2.15. The van der Waals surface area contributed by atoms with E-state index in [9.17, 15) is 4.79 Å². The second-order valence-corrected chi connectivity index (χ2v) is 3.97. The highest BCUT2D eigenvalue weighted by Crippen LogP contribution is 2.20. The summed E-state index contributed by atoms with van der Waals surface area (Å²) in [5.41, 5.74) is 0. The zero-order valence-corrected chi connectivity index (χ0v) is 10.2. The molecule has 0 aliphatic carbocycles. The second kappa shape index (κ2) is 5.87. The van der Waals surface area contributed by atoms with Crippen molar-refractivity contribution in [2.75, 3.05) is 25.0 Å². The molecule has 1 amide bonds. The van der Waals surface area contributed by atoms with Crippen LogP contribution in [-0.4, -0.2) is 34.8 Å². The number of aromatic nitrogens is 2. The second-order valence-electron chi connectivity index (χ2n) is 3.08. The predicted octanol–water partition coefficient (Wildman–Crippen LogP) is 1.15. The molecule has 0 spiro atoms. The van der Waals surface area contributed by atoms with Crippen molar-refractivity contribution in [2.24, 2.45) is 0 Å². The molecule has 5 nitrogen and oxygen atoms in total. The first kappa shape index (κ1) is 12.2. The third-order valence-electron chi connectivity index (χ3n) is 1.75. The van der Waals surface area contributed by atoms with Gasteiger partial charge in [0.15, 0.2) is 11.0 Å². The number of carbonyl (C=O) groups excluding carboxylic acids is 1. The summed E-state index contributed by atoms with van der Waals surface area (Å²) in [6.07, 6.45) is 0.925. The van der Waals surface area contributed by atoms with Gasteiger partial charge in [0, 0.05) is 13.6 Å². The minimum atomic E-state index is -0.0385. The van der Waals surface area contributed by atoms with Crippen molar-refractivity contribution in [2.45, 2.75) is 13.3 Å². The highest BCUT2D eigenvalue weighted by atomic mass is 35.5. The Morgan fingerprint density at radius 3 is 2.87 bits per heavy atom. The summed E-state index contributed by atoms with van der Waals surface area (Å²) < 4.78 is 7.82. The average molecular weight is 249 g/mol. The van der Waals surface area contributed by atoms with Gasteiger partial charge >= 0.3 is 0 Å². The highest BCUT2D eigenvalue weighted by Gasteiger charge is 2.13. The van der Waals surface area contributed by atoms with Crippen LogP contribution in [0.5, 0.6) is 0 Å². The Morgan fingerprint density at radius 1 is 1.60 bits per heavy atom. The Balaban J connectivity index is 2.45. The van der Waals surface area contributed by atoms with Gasteiger partial charge in [0.25, 0.3) is 0 Å². The smallest absolute Gasteiger partial charge is 0.239 e. The number of amides is 1. The van der Waals surface area contributed by atoms with Gasteiger partial charge in [-0.25, -0.2) is 0 Å². The molecule has 1 aromatic rings. The van der Waals surface area contributed by atoms with Crippen LogP contribution in [0.1, 0.15) is 13.3 Å². The average Bonchev–Trinajstić information content (AvgIpc) is 2.61. The summed E-state index contributed by atoms with van der Waals surface area (Å²) in [6, 6.07) is 0. The molecule has 0 aliphatic heterocycles. The van der Waals surface area contributed by atoms with Crippen LogP contribution in [0.4, 0.5) is 5.82 Å². The molecule has 0 bridgehead atoms. The molecule has 0 aromatic carbocycles. The molecule has 0 aliphatic rings. The fourth-order valence-corrected chi connectivity index (χ4v) is 1.84. The van der Waals surface area contributed by atoms with Gasteiger partial charge in [-0.05, 0) is 6.42 Å². The Kier molecular flexibility index (Phi) is 4.77. The van der Waals surface area contributed by atoms with Gasteiger partial charge in [0.2, 0.25) is 5.91 Å². The molecule has 1 heterocycles. The van der Waals surface area contributed by atoms with E-state index in [1.54, 1.807) is 11.9 Å². The van der Waals surface area contributed by atoms with Crippen LogP contribution in [0.25, 0.3) is 0 Å². The third-order valence-corrected chi connectivity index (χ3v) is 2.62. The molecule has 84 valence electrons. The fourth-order valence-electron chi connectivity index (χ4n) is 1.01. The highest BCUT2D eigenvalue weighted by molar-refractivity contribution is 6.99. The van der Waals surface area contributed by atoms with Crippen molar-refractivity contribution in [3.63, 3.8) is 0 Å². The minimum absolute atomic E-state index is 0.0385. The molecule has 0 saturated carbocycles. The van der Waals surface area contributed by atoms with E-state index < -0.39 is 0 Å². The number of likely N-dealkylation sites (N-methyl/N-ethyl adjacent to an activating group) is 1. The van der Waals surface area contributed by atoms with E-state index in [1.807, 2.05) is 6.92 Å². The molecule has 0 unspecified atom stereocenters. The SMILES string of the molecule is CCCNC(=O)CN(C)c1nsnc1Cl. The summed E-state index contributed by atoms with van der Waals surface area (Å²) in [6.45, 7) is 2.94. The van der Waals surface area contributed by atoms with Crippen molar-refractivity contribution in [1.82, 2.24) is 14.1 Å². The fraction of sp³-hybridized carbons (Fsp3) is 0.625. The van der Waals surface area contributed by atoms with E-state index in [1.165, 1.54) is 0 Å². The van der Waals surface area contributed by atoms with E-state index in [2.05, 4.69) is 14.1 Å². The number of rotatable bonds is 5. The number of nitrogens with one attached hydrogen (secondary N) is 1. The Labute approximate surface area is 97.8 Å². The molecule has 7 heteroatoms. The number of halogens is 1. The normalized spacial score (nSPS) is 10.1. The van der Waals surface area contributed by atoms with Crippen LogP contribution in [0.3, 0.4) is 0 Å². The van der Waals surface area contributed by atoms with Gasteiger partial charge in [-0.3, -0.25) is 4.79 Å². The summed E-state index contributed by atoms with van der Waals surface area (Å²) in [5, 5.41) is 3.11. The predicted molar refractivity (Wildman–Crippen MR) is 61.5 cm³/mol. The standard InChI is InChI=1S/C8H13ClN4OS/c1-3-4-10-6(14)5-13(2)8-7(9)11-15-12-8/h3-5H2,1-2H3,(H,10,14). The number of hydrogen-bond acceptors (Lipinski definition) is 5. The van der Waals surface area contributed by atoms with Crippen molar-refractivity contribution >= 4 is 35.1 Å². The number of hydrogen-bond donors (Lipinski definition) is 1. The first-order chi connectivity index (χ1) is 7.15. The summed E-state index contributed by atoms with van der Waals surface area (Å²) in [7, 11) is 1.76. The Bertz CT molecular complexity index is 330. The van der Waals surface area contributed by atoms with Crippen molar-refractivity contribution in [1.29, 1.82) is 0 Å². The lowest BCUT2D eigenvalue weighted by molar-refractivity contribution is -0.119. The first-order valence-electron chi connectivity index (χ1n) is 4.61. The quantitative estimate of drug-likeness (QED) is 0.850. The summed E-state index contributed by atoms with van der Waals surface area (Å²) >= 11 is 6.82. The minimum Gasteiger partial charge on any atom is -0.355 e. The van der Waals surface area contributed by atoms with Gasteiger partial charge in [-0.1, -0.05) is 18.5 Å².